The quantitative estimate of drug-likeness (QED) is 0.687. The van der Waals surface area contributed by atoms with Crippen molar-refractivity contribution >= 4 is 5.69 Å². The summed E-state index contributed by atoms with van der Waals surface area (Å²) in [6.45, 7) is 2.46. The summed E-state index contributed by atoms with van der Waals surface area (Å²) in [7, 11) is 0. The Morgan fingerprint density at radius 3 is 3.31 bits per heavy atom. The number of aliphatic hydroxyl groups is 1. The van der Waals surface area contributed by atoms with E-state index >= 15 is 0 Å². The first-order chi connectivity index (χ1) is 6.40. The third kappa shape index (κ3) is 1.84. The van der Waals surface area contributed by atoms with Gasteiger partial charge < -0.3 is 19.7 Å². The largest absolute Gasteiger partial charge is 0.394 e. The Balaban J connectivity index is 2.00. The van der Waals surface area contributed by atoms with Gasteiger partial charge in [-0.1, -0.05) is 0 Å². The van der Waals surface area contributed by atoms with Crippen LogP contribution in [-0.2, 0) is 4.74 Å². The Kier molecular flexibility index (Phi) is 2.52. The molecule has 2 rings (SSSR count). The molecule has 0 saturated carbocycles. The molecule has 0 aliphatic carbocycles. The van der Waals surface area contributed by atoms with Crippen LogP contribution >= 0.6 is 0 Å². The first-order valence-electron chi connectivity index (χ1n) is 4.50. The van der Waals surface area contributed by atoms with E-state index in [1.54, 1.807) is 0 Å². The van der Waals surface area contributed by atoms with Gasteiger partial charge in [0, 0.05) is 25.5 Å². The molecule has 1 atom stereocenters. The lowest BCUT2D eigenvalue weighted by molar-refractivity contribution is 0.00357. The zero-order valence-electron chi connectivity index (χ0n) is 7.44. The lowest BCUT2D eigenvalue weighted by Crippen LogP contribution is -2.43. The monoisotopic (exact) mass is 182 g/mol. The number of aromatic amines is 1. The van der Waals surface area contributed by atoms with Crippen LogP contribution in [0.3, 0.4) is 0 Å². The molecular formula is C9H14N2O2. The SMILES string of the molecule is OCC1CN(c2cc[nH]c2)CCO1. The summed E-state index contributed by atoms with van der Waals surface area (Å²) < 4.78 is 5.35. The Morgan fingerprint density at radius 2 is 2.62 bits per heavy atom. The molecule has 13 heavy (non-hydrogen) atoms. The van der Waals surface area contributed by atoms with Gasteiger partial charge in [-0.3, -0.25) is 0 Å². The van der Waals surface area contributed by atoms with Crippen LogP contribution in [0.25, 0.3) is 0 Å². The van der Waals surface area contributed by atoms with Crippen LogP contribution in [0.4, 0.5) is 5.69 Å². The molecule has 2 heterocycles. The topological polar surface area (TPSA) is 48.5 Å². The summed E-state index contributed by atoms with van der Waals surface area (Å²) in [6.07, 6.45) is 3.82. The number of hydrogen-bond acceptors (Lipinski definition) is 3. The third-order valence-corrected chi connectivity index (χ3v) is 2.29. The van der Waals surface area contributed by atoms with Crippen LogP contribution < -0.4 is 4.90 Å². The highest BCUT2D eigenvalue weighted by atomic mass is 16.5. The minimum atomic E-state index is -0.0383. The van der Waals surface area contributed by atoms with Gasteiger partial charge in [-0.05, 0) is 6.07 Å². The van der Waals surface area contributed by atoms with E-state index in [9.17, 15) is 0 Å². The van der Waals surface area contributed by atoms with Crippen molar-refractivity contribution in [1.29, 1.82) is 0 Å². The highest BCUT2D eigenvalue weighted by Crippen LogP contribution is 2.16. The van der Waals surface area contributed by atoms with E-state index in [0.717, 1.165) is 13.1 Å². The second kappa shape index (κ2) is 3.81. The maximum Gasteiger partial charge on any atom is 0.0980 e. The van der Waals surface area contributed by atoms with E-state index in [1.807, 2.05) is 18.5 Å². The molecule has 4 nitrogen and oxygen atoms in total. The van der Waals surface area contributed by atoms with Crippen LogP contribution in [0.15, 0.2) is 18.5 Å². The fraction of sp³-hybridized carbons (Fsp3) is 0.556. The predicted molar refractivity (Wildman–Crippen MR) is 49.8 cm³/mol. The summed E-state index contributed by atoms with van der Waals surface area (Å²) in [4.78, 5) is 5.22. The fourth-order valence-corrected chi connectivity index (χ4v) is 1.58. The van der Waals surface area contributed by atoms with Gasteiger partial charge in [-0.2, -0.15) is 0 Å². The Bertz CT molecular complexity index is 248. The van der Waals surface area contributed by atoms with E-state index < -0.39 is 0 Å². The Hall–Kier alpha value is -1.00. The Labute approximate surface area is 77.1 Å². The molecule has 0 bridgehead atoms. The van der Waals surface area contributed by atoms with Gasteiger partial charge in [0.2, 0.25) is 0 Å². The minimum absolute atomic E-state index is 0.0383. The molecule has 1 fully saturated rings. The number of nitrogens with one attached hydrogen (secondary N) is 1. The van der Waals surface area contributed by atoms with Crippen LogP contribution in [0, 0.1) is 0 Å². The molecule has 0 radical (unpaired) electrons. The van der Waals surface area contributed by atoms with Crippen molar-refractivity contribution in [2.24, 2.45) is 0 Å². The summed E-state index contributed by atoms with van der Waals surface area (Å²) in [6, 6.07) is 2.03. The first kappa shape index (κ1) is 8.59. The van der Waals surface area contributed by atoms with Gasteiger partial charge in [0.15, 0.2) is 0 Å². The molecule has 1 aromatic heterocycles. The number of nitrogens with zero attached hydrogens (tertiary/aromatic N) is 1. The normalized spacial score (nSPS) is 23.5. The summed E-state index contributed by atoms with van der Waals surface area (Å²) in [5, 5.41) is 8.95. The van der Waals surface area contributed by atoms with Gasteiger partial charge in [-0.25, -0.2) is 0 Å². The Morgan fingerprint density at radius 1 is 1.69 bits per heavy atom. The molecule has 72 valence electrons. The van der Waals surface area contributed by atoms with Crippen molar-refractivity contribution in [3.05, 3.63) is 18.5 Å². The van der Waals surface area contributed by atoms with E-state index in [1.165, 1.54) is 5.69 Å². The van der Waals surface area contributed by atoms with E-state index in [0.29, 0.717) is 6.61 Å². The number of aliphatic hydroxyl groups excluding tert-OH is 1. The number of rotatable bonds is 2. The second-order valence-electron chi connectivity index (χ2n) is 3.19. The zero-order chi connectivity index (χ0) is 9.10. The van der Waals surface area contributed by atoms with Gasteiger partial charge in [-0.15, -0.1) is 0 Å². The van der Waals surface area contributed by atoms with Crippen molar-refractivity contribution in [2.75, 3.05) is 31.2 Å². The van der Waals surface area contributed by atoms with Crippen molar-refractivity contribution in [2.45, 2.75) is 6.10 Å². The molecular weight excluding hydrogens is 168 g/mol. The van der Waals surface area contributed by atoms with Crippen molar-refractivity contribution in [3.63, 3.8) is 0 Å². The number of hydrogen-bond donors (Lipinski definition) is 2. The van der Waals surface area contributed by atoms with Crippen molar-refractivity contribution in [3.8, 4) is 0 Å². The second-order valence-corrected chi connectivity index (χ2v) is 3.19. The smallest absolute Gasteiger partial charge is 0.0980 e. The van der Waals surface area contributed by atoms with Gasteiger partial charge >= 0.3 is 0 Å². The highest BCUT2D eigenvalue weighted by Gasteiger charge is 2.19. The molecule has 0 spiro atoms. The van der Waals surface area contributed by atoms with Crippen LogP contribution in [0.5, 0.6) is 0 Å². The summed E-state index contributed by atoms with van der Waals surface area (Å²) >= 11 is 0. The number of morpholine rings is 1. The maximum atomic E-state index is 8.95. The molecule has 2 N–H and O–H groups in total. The molecule has 1 aromatic rings. The molecule has 1 aliphatic rings. The predicted octanol–water partition coefficient (Wildman–Crippen LogP) is 0.212. The standard InChI is InChI=1S/C9H14N2O2/c12-7-9-6-11(3-4-13-9)8-1-2-10-5-8/h1-2,5,9-10,12H,3-4,6-7H2. The average Bonchev–Trinajstić information content (AvgIpc) is 2.71. The number of aromatic nitrogens is 1. The average molecular weight is 182 g/mol. The number of anilines is 1. The molecule has 1 unspecified atom stereocenters. The maximum absolute atomic E-state index is 8.95. The van der Waals surface area contributed by atoms with Gasteiger partial charge in [0.25, 0.3) is 0 Å². The van der Waals surface area contributed by atoms with Crippen LogP contribution in [-0.4, -0.2) is 42.5 Å². The van der Waals surface area contributed by atoms with Crippen molar-refractivity contribution in [1.82, 2.24) is 4.98 Å². The lowest BCUT2D eigenvalue weighted by atomic mass is 10.2. The highest BCUT2D eigenvalue weighted by molar-refractivity contribution is 5.44. The molecule has 4 heteroatoms. The third-order valence-electron chi connectivity index (χ3n) is 2.29. The minimum Gasteiger partial charge on any atom is -0.394 e. The zero-order valence-corrected chi connectivity index (χ0v) is 7.44. The number of H-pyrrole nitrogens is 1. The number of ether oxygens (including phenoxy) is 1. The fourth-order valence-electron chi connectivity index (χ4n) is 1.58. The van der Waals surface area contributed by atoms with Gasteiger partial charge in [0.1, 0.15) is 0 Å². The van der Waals surface area contributed by atoms with Crippen molar-refractivity contribution < 1.29 is 9.84 Å². The summed E-state index contributed by atoms with van der Waals surface area (Å²) in [5.74, 6) is 0. The van der Waals surface area contributed by atoms with E-state index in [-0.39, 0.29) is 12.7 Å². The van der Waals surface area contributed by atoms with E-state index in [2.05, 4.69) is 9.88 Å². The molecule has 0 aromatic carbocycles. The van der Waals surface area contributed by atoms with Crippen LogP contribution in [0.1, 0.15) is 0 Å². The summed E-state index contributed by atoms with van der Waals surface area (Å²) in [5.41, 5.74) is 1.17. The van der Waals surface area contributed by atoms with Gasteiger partial charge in [0.05, 0.1) is 25.0 Å². The van der Waals surface area contributed by atoms with E-state index in [4.69, 9.17) is 9.84 Å². The molecule has 1 aliphatic heterocycles. The first-order valence-corrected chi connectivity index (χ1v) is 4.50. The molecule has 0 amide bonds. The lowest BCUT2D eigenvalue weighted by Gasteiger charge is -2.32. The van der Waals surface area contributed by atoms with Crippen LogP contribution in [0.2, 0.25) is 0 Å². The molecule has 1 saturated heterocycles.